The molecule has 6 nitrogen and oxygen atoms in total. The number of primary amides is 1. The summed E-state index contributed by atoms with van der Waals surface area (Å²) in [4.78, 5) is 20.6. The van der Waals surface area contributed by atoms with Crippen molar-refractivity contribution in [1.82, 2.24) is 0 Å². The summed E-state index contributed by atoms with van der Waals surface area (Å²) in [6.07, 6.45) is 3.00. The Balaban J connectivity index is 3.07. The van der Waals surface area contributed by atoms with Gasteiger partial charge in [0.05, 0.1) is 9.95 Å². The minimum atomic E-state index is -0.600. The van der Waals surface area contributed by atoms with Gasteiger partial charge in [-0.15, -0.1) is 0 Å². The summed E-state index contributed by atoms with van der Waals surface area (Å²) in [7, 11) is 0. The molecular formula is C10H10ClN3O3. The molecule has 1 rings (SSSR count). The van der Waals surface area contributed by atoms with Gasteiger partial charge in [-0.05, 0) is 11.6 Å². The Kier molecular flexibility index (Phi) is 4.06. The van der Waals surface area contributed by atoms with Crippen molar-refractivity contribution in [1.29, 1.82) is 0 Å². The zero-order chi connectivity index (χ0) is 13.0. The standard InChI is InChI=1S/C10H10ClN3O3/c11-7-5-8(12)9(14(16)17)4-6(7)2-1-3-10(13)15/h1-2,4-5H,3,12H2,(H2,13,15). The predicted octanol–water partition coefficient (Wildman–Crippen LogP) is 1.72. The Morgan fingerprint density at radius 3 is 2.71 bits per heavy atom. The summed E-state index contributed by atoms with van der Waals surface area (Å²) in [5.74, 6) is -0.498. The van der Waals surface area contributed by atoms with Gasteiger partial charge in [0.15, 0.2) is 0 Å². The van der Waals surface area contributed by atoms with Crippen molar-refractivity contribution in [3.8, 4) is 0 Å². The van der Waals surface area contributed by atoms with E-state index in [1.165, 1.54) is 24.3 Å². The molecule has 0 fully saturated rings. The molecule has 1 aromatic rings. The molecule has 90 valence electrons. The molecule has 17 heavy (non-hydrogen) atoms. The van der Waals surface area contributed by atoms with Crippen LogP contribution in [-0.4, -0.2) is 10.8 Å². The third-order valence-electron chi connectivity index (χ3n) is 1.96. The van der Waals surface area contributed by atoms with E-state index in [0.29, 0.717) is 5.56 Å². The number of nitrogens with two attached hydrogens (primary N) is 2. The monoisotopic (exact) mass is 255 g/mol. The number of carbonyl (C=O) groups excluding carboxylic acids is 1. The number of benzene rings is 1. The minimum absolute atomic E-state index is 0.00736. The number of halogens is 1. The van der Waals surface area contributed by atoms with E-state index in [4.69, 9.17) is 23.1 Å². The highest BCUT2D eigenvalue weighted by atomic mass is 35.5. The highest BCUT2D eigenvalue weighted by Crippen LogP contribution is 2.29. The molecule has 0 saturated heterocycles. The Morgan fingerprint density at radius 1 is 1.53 bits per heavy atom. The summed E-state index contributed by atoms with van der Waals surface area (Å²) in [6.45, 7) is 0. The maximum Gasteiger partial charge on any atom is 0.292 e. The van der Waals surface area contributed by atoms with Crippen LogP contribution in [0.25, 0.3) is 6.08 Å². The van der Waals surface area contributed by atoms with E-state index < -0.39 is 10.8 Å². The first-order valence-electron chi connectivity index (χ1n) is 4.60. The van der Waals surface area contributed by atoms with Crippen LogP contribution in [-0.2, 0) is 4.79 Å². The number of nitrogens with zero attached hydrogens (tertiary/aromatic N) is 1. The SMILES string of the molecule is NC(=O)CC=Cc1cc([N+](=O)[O-])c(N)cc1Cl. The Hall–Kier alpha value is -2.08. The smallest absolute Gasteiger partial charge is 0.292 e. The maximum absolute atomic E-state index is 10.7. The first-order valence-corrected chi connectivity index (χ1v) is 4.98. The lowest BCUT2D eigenvalue weighted by atomic mass is 10.1. The van der Waals surface area contributed by atoms with Crippen molar-refractivity contribution in [3.05, 3.63) is 38.9 Å². The largest absolute Gasteiger partial charge is 0.393 e. The average Bonchev–Trinajstić information content (AvgIpc) is 2.20. The second-order valence-electron chi connectivity index (χ2n) is 3.26. The van der Waals surface area contributed by atoms with Crippen LogP contribution in [0.4, 0.5) is 11.4 Å². The van der Waals surface area contributed by atoms with E-state index in [9.17, 15) is 14.9 Å². The fourth-order valence-corrected chi connectivity index (χ4v) is 1.42. The zero-order valence-electron chi connectivity index (χ0n) is 8.72. The molecule has 0 saturated carbocycles. The van der Waals surface area contributed by atoms with Crippen molar-refractivity contribution in [2.24, 2.45) is 5.73 Å². The van der Waals surface area contributed by atoms with Gasteiger partial charge in [-0.3, -0.25) is 14.9 Å². The summed E-state index contributed by atoms with van der Waals surface area (Å²) in [5.41, 5.74) is 10.6. The van der Waals surface area contributed by atoms with Crippen LogP contribution in [0, 0.1) is 10.1 Å². The van der Waals surface area contributed by atoms with E-state index in [-0.39, 0.29) is 22.8 Å². The van der Waals surface area contributed by atoms with Crippen LogP contribution < -0.4 is 11.5 Å². The molecule has 0 bridgehead atoms. The van der Waals surface area contributed by atoms with Gasteiger partial charge in [-0.25, -0.2) is 0 Å². The normalized spacial score (nSPS) is 10.6. The number of amides is 1. The molecule has 0 aliphatic carbocycles. The lowest BCUT2D eigenvalue weighted by Gasteiger charge is -2.01. The molecule has 0 aromatic heterocycles. The molecule has 0 heterocycles. The van der Waals surface area contributed by atoms with Gasteiger partial charge in [0.1, 0.15) is 5.69 Å². The van der Waals surface area contributed by atoms with Gasteiger partial charge >= 0.3 is 0 Å². The molecule has 1 amide bonds. The van der Waals surface area contributed by atoms with Crippen LogP contribution in [0.3, 0.4) is 0 Å². The summed E-state index contributed by atoms with van der Waals surface area (Å²) in [6, 6.07) is 2.54. The molecule has 7 heteroatoms. The molecule has 0 aliphatic rings. The van der Waals surface area contributed by atoms with Crippen LogP contribution in [0.1, 0.15) is 12.0 Å². The van der Waals surface area contributed by atoms with Crippen LogP contribution >= 0.6 is 11.6 Å². The molecular weight excluding hydrogens is 246 g/mol. The highest BCUT2D eigenvalue weighted by molar-refractivity contribution is 6.32. The fourth-order valence-electron chi connectivity index (χ4n) is 1.18. The molecule has 0 aliphatic heterocycles. The van der Waals surface area contributed by atoms with E-state index >= 15 is 0 Å². The van der Waals surface area contributed by atoms with E-state index in [1.54, 1.807) is 0 Å². The number of anilines is 1. The number of rotatable bonds is 4. The lowest BCUT2D eigenvalue weighted by molar-refractivity contribution is -0.383. The zero-order valence-corrected chi connectivity index (χ0v) is 9.48. The van der Waals surface area contributed by atoms with Gasteiger partial charge in [-0.1, -0.05) is 23.8 Å². The number of carbonyl (C=O) groups is 1. The second-order valence-corrected chi connectivity index (χ2v) is 3.67. The molecule has 4 N–H and O–H groups in total. The topological polar surface area (TPSA) is 112 Å². The Bertz CT molecular complexity index is 500. The predicted molar refractivity (Wildman–Crippen MR) is 65.4 cm³/mol. The van der Waals surface area contributed by atoms with Gasteiger partial charge in [-0.2, -0.15) is 0 Å². The van der Waals surface area contributed by atoms with Gasteiger partial charge in [0.2, 0.25) is 5.91 Å². The number of nitrogen functional groups attached to an aromatic ring is 1. The quantitative estimate of drug-likeness (QED) is 0.484. The third-order valence-corrected chi connectivity index (χ3v) is 2.29. The van der Waals surface area contributed by atoms with E-state index in [2.05, 4.69) is 0 Å². The maximum atomic E-state index is 10.7. The number of nitro benzene ring substituents is 1. The molecule has 0 atom stereocenters. The summed E-state index contributed by atoms with van der Waals surface area (Å²) >= 11 is 5.85. The molecule has 1 aromatic carbocycles. The number of hydrogen-bond acceptors (Lipinski definition) is 4. The molecule has 0 radical (unpaired) electrons. The Labute approximate surface area is 102 Å². The van der Waals surface area contributed by atoms with Crippen molar-refractivity contribution in [2.45, 2.75) is 6.42 Å². The number of hydrogen-bond donors (Lipinski definition) is 2. The first kappa shape index (κ1) is 13.0. The van der Waals surface area contributed by atoms with Crippen molar-refractivity contribution in [3.63, 3.8) is 0 Å². The van der Waals surface area contributed by atoms with Crippen molar-refractivity contribution >= 4 is 35.0 Å². The van der Waals surface area contributed by atoms with E-state index in [1.807, 2.05) is 0 Å². The minimum Gasteiger partial charge on any atom is -0.393 e. The highest BCUT2D eigenvalue weighted by Gasteiger charge is 2.13. The molecule has 0 spiro atoms. The van der Waals surface area contributed by atoms with Gasteiger partial charge in [0.25, 0.3) is 5.69 Å². The van der Waals surface area contributed by atoms with Crippen LogP contribution in [0.15, 0.2) is 18.2 Å². The average molecular weight is 256 g/mol. The second kappa shape index (κ2) is 5.31. The third kappa shape index (κ3) is 3.46. The number of nitro groups is 1. The van der Waals surface area contributed by atoms with Gasteiger partial charge in [0, 0.05) is 12.5 Å². The Morgan fingerprint density at radius 2 is 2.18 bits per heavy atom. The van der Waals surface area contributed by atoms with Crippen LogP contribution in [0.5, 0.6) is 0 Å². The summed E-state index contributed by atoms with van der Waals surface area (Å²) < 4.78 is 0. The fraction of sp³-hybridized carbons (Fsp3) is 0.100. The van der Waals surface area contributed by atoms with Crippen molar-refractivity contribution in [2.75, 3.05) is 5.73 Å². The molecule has 0 unspecified atom stereocenters. The first-order chi connectivity index (χ1) is 7.91. The van der Waals surface area contributed by atoms with E-state index in [0.717, 1.165) is 0 Å². The van der Waals surface area contributed by atoms with Crippen molar-refractivity contribution < 1.29 is 9.72 Å². The van der Waals surface area contributed by atoms with Gasteiger partial charge < -0.3 is 11.5 Å². The van der Waals surface area contributed by atoms with Crippen LogP contribution in [0.2, 0.25) is 5.02 Å². The lowest BCUT2D eigenvalue weighted by Crippen LogP contribution is -2.07. The summed E-state index contributed by atoms with van der Waals surface area (Å²) in [5, 5.41) is 10.9.